The number of rotatable bonds is 8. The zero-order valence-corrected chi connectivity index (χ0v) is 17.7. The molecule has 2 aliphatic rings. The van der Waals surface area contributed by atoms with Crippen molar-refractivity contribution in [3.05, 3.63) is 59.7 Å². The Morgan fingerprint density at radius 1 is 1.00 bits per heavy atom. The Hall–Kier alpha value is -3.49. The number of nitrogens with one attached hydrogen (secondary N) is 2. The van der Waals surface area contributed by atoms with Gasteiger partial charge >= 0.3 is 12.1 Å². The number of hydrogen-bond donors (Lipinski definition) is 3. The van der Waals surface area contributed by atoms with Crippen molar-refractivity contribution in [3.8, 4) is 11.1 Å². The lowest BCUT2D eigenvalue weighted by Gasteiger charge is -2.35. The average Bonchev–Trinajstić information content (AvgIpc) is 3.07. The van der Waals surface area contributed by atoms with Gasteiger partial charge in [-0.2, -0.15) is 0 Å². The van der Waals surface area contributed by atoms with Crippen LogP contribution in [0.2, 0.25) is 0 Å². The van der Waals surface area contributed by atoms with E-state index in [0.717, 1.165) is 22.3 Å². The summed E-state index contributed by atoms with van der Waals surface area (Å²) in [7, 11) is 0. The van der Waals surface area contributed by atoms with Crippen LogP contribution in [-0.4, -0.2) is 48.2 Å². The smallest absolute Gasteiger partial charge is 0.407 e. The molecule has 4 rings (SSSR count). The summed E-state index contributed by atoms with van der Waals surface area (Å²) in [6.45, 7) is 0.168. The van der Waals surface area contributed by atoms with Crippen LogP contribution in [-0.2, 0) is 14.3 Å². The Balaban J connectivity index is 1.25. The van der Waals surface area contributed by atoms with Crippen molar-refractivity contribution in [1.82, 2.24) is 10.6 Å². The van der Waals surface area contributed by atoms with E-state index in [1.807, 2.05) is 48.5 Å². The minimum atomic E-state index is -2.97. The molecule has 9 heteroatoms. The molecule has 1 saturated carbocycles. The summed E-state index contributed by atoms with van der Waals surface area (Å²) in [6.07, 6.45) is -3.87. The van der Waals surface area contributed by atoms with Gasteiger partial charge in [0.15, 0.2) is 0 Å². The van der Waals surface area contributed by atoms with Crippen LogP contribution in [0.15, 0.2) is 48.5 Å². The van der Waals surface area contributed by atoms with E-state index in [0.29, 0.717) is 0 Å². The first kappa shape index (κ1) is 22.7. The van der Waals surface area contributed by atoms with E-state index in [4.69, 9.17) is 9.84 Å². The molecule has 2 aromatic rings. The fourth-order valence-electron chi connectivity index (χ4n) is 4.45. The number of benzene rings is 2. The monoisotopic (exact) mass is 458 g/mol. The summed E-state index contributed by atoms with van der Waals surface area (Å²) in [5.41, 5.74) is 4.45. The Kier molecular flexibility index (Phi) is 6.57. The molecule has 3 N–H and O–H groups in total. The summed E-state index contributed by atoms with van der Waals surface area (Å²) in [6, 6.07) is 13.9. The van der Waals surface area contributed by atoms with Crippen molar-refractivity contribution in [2.24, 2.45) is 5.92 Å². The third-order valence-electron chi connectivity index (χ3n) is 6.20. The highest BCUT2D eigenvalue weighted by Gasteiger charge is 2.38. The van der Waals surface area contributed by atoms with Gasteiger partial charge in [-0.25, -0.2) is 13.6 Å². The third kappa shape index (κ3) is 4.97. The molecule has 174 valence electrons. The van der Waals surface area contributed by atoms with E-state index < -0.39 is 42.8 Å². The molecular weight excluding hydrogens is 434 g/mol. The largest absolute Gasteiger partial charge is 0.481 e. The summed E-state index contributed by atoms with van der Waals surface area (Å²) in [4.78, 5) is 35.1. The van der Waals surface area contributed by atoms with Crippen molar-refractivity contribution in [3.63, 3.8) is 0 Å². The normalized spacial score (nSPS) is 19.7. The number of carboxylic acid groups (broad SMARTS) is 1. The molecule has 0 aliphatic heterocycles. The summed E-state index contributed by atoms with van der Waals surface area (Å²) in [5, 5.41) is 13.5. The number of carbonyl (C=O) groups is 3. The minimum Gasteiger partial charge on any atom is -0.481 e. The molecule has 2 aliphatic carbocycles. The van der Waals surface area contributed by atoms with Crippen LogP contribution in [0.25, 0.3) is 11.1 Å². The number of carboxylic acids is 1. The molecule has 2 aromatic carbocycles. The minimum absolute atomic E-state index is 0.0661. The van der Waals surface area contributed by atoms with Crippen LogP contribution in [0.5, 0.6) is 0 Å². The van der Waals surface area contributed by atoms with Crippen molar-refractivity contribution in [1.29, 1.82) is 0 Å². The van der Waals surface area contributed by atoms with E-state index in [1.54, 1.807) is 0 Å². The zero-order chi connectivity index (χ0) is 23.5. The maximum atomic E-state index is 12.9. The second-order valence-electron chi connectivity index (χ2n) is 8.38. The number of alkyl carbamates (subject to hydrolysis) is 1. The van der Waals surface area contributed by atoms with Gasteiger partial charge in [0.05, 0.1) is 6.42 Å². The van der Waals surface area contributed by atoms with Gasteiger partial charge in [0.2, 0.25) is 5.91 Å². The number of halogens is 2. The standard InChI is InChI=1S/C24H24F2N2O5/c25-22(26)20(11-21(29)30)28-23(31)13-9-14(10-13)27-24(32)33-12-19-17-7-3-1-5-15(17)16-6-2-4-8-18(16)19/h1-8,13-14,19-20,22H,9-12H2,(H,27,32)(H,28,31)(H,29,30). The van der Waals surface area contributed by atoms with Gasteiger partial charge in [0.1, 0.15) is 12.6 Å². The molecule has 0 spiro atoms. The fraction of sp³-hybridized carbons (Fsp3) is 0.375. The van der Waals surface area contributed by atoms with Crippen molar-refractivity contribution in [2.45, 2.75) is 43.7 Å². The van der Waals surface area contributed by atoms with Crippen molar-refractivity contribution >= 4 is 18.0 Å². The number of alkyl halides is 2. The summed E-state index contributed by atoms with van der Waals surface area (Å²) >= 11 is 0. The number of ether oxygens (including phenoxy) is 1. The molecule has 0 bridgehead atoms. The van der Waals surface area contributed by atoms with E-state index in [-0.39, 0.29) is 31.4 Å². The first-order valence-electron chi connectivity index (χ1n) is 10.7. The molecular formula is C24H24F2N2O5. The van der Waals surface area contributed by atoms with Gasteiger partial charge in [0, 0.05) is 17.9 Å². The lowest BCUT2D eigenvalue weighted by molar-refractivity contribution is -0.139. The van der Waals surface area contributed by atoms with Crippen LogP contribution in [0.4, 0.5) is 13.6 Å². The number of carbonyl (C=O) groups excluding carboxylic acids is 2. The highest BCUT2D eigenvalue weighted by Crippen LogP contribution is 2.44. The quantitative estimate of drug-likeness (QED) is 0.561. The SMILES string of the molecule is O=C(O)CC(NC(=O)C1CC(NC(=O)OCC2c3ccccc3-c3ccccc32)C1)C(F)F. The highest BCUT2D eigenvalue weighted by atomic mass is 19.3. The molecule has 0 saturated heterocycles. The van der Waals surface area contributed by atoms with E-state index >= 15 is 0 Å². The van der Waals surface area contributed by atoms with Crippen LogP contribution >= 0.6 is 0 Å². The van der Waals surface area contributed by atoms with Crippen molar-refractivity contribution in [2.75, 3.05) is 6.61 Å². The molecule has 2 amide bonds. The van der Waals surface area contributed by atoms with E-state index in [9.17, 15) is 23.2 Å². The maximum absolute atomic E-state index is 12.9. The highest BCUT2D eigenvalue weighted by molar-refractivity contribution is 5.81. The van der Waals surface area contributed by atoms with Crippen LogP contribution in [0, 0.1) is 5.92 Å². The topological polar surface area (TPSA) is 105 Å². The third-order valence-corrected chi connectivity index (χ3v) is 6.20. The second-order valence-corrected chi connectivity index (χ2v) is 8.38. The zero-order valence-electron chi connectivity index (χ0n) is 17.7. The molecule has 1 fully saturated rings. The van der Waals surface area contributed by atoms with E-state index in [2.05, 4.69) is 10.6 Å². The van der Waals surface area contributed by atoms with E-state index in [1.165, 1.54) is 0 Å². The predicted molar refractivity (Wildman–Crippen MR) is 115 cm³/mol. The fourth-order valence-corrected chi connectivity index (χ4v) is 4.45. The number of fused-ring (bicyclic) bond motifs is 3. The van der Waals surface area contributed by atoms with Gasteiger partial charge in [0.25, 0.3) is 6.43 Å². The Morgan fingerprint density at radius 3 is 2.12 bits per heavy atom. The van der Waals surface area contributed by atoms with Gasteiger partial charge in [-0.05, 0) is 35.1 Å². The first-order chi connectivity index (χ1) is 15.8. The first-order valence-corrected chi connectivity index (χ1v) is 10.7. The Labute approximate surface area is 189 Å². The molecule has 7 nitrogen and oxygen atoms in total. The van der Waals surface area contributed by atoms with Gasteiger partial charge < -0.3 is 20.5 Å². The number of amides is 2. The maximum Gasteiger partial charge on any atom is 0.407 e. The summed E-state index contributed by atoms with van der Waals surface area (Å²) in [5.74, 6) is -2.67. The number of hydrogen-bond acceptors (Lipinski definition) is 4. The molecule has 1 atom stereocenters. The Bertz CT molecular complexity index is 1010. The lowest BCUT2D eigenvalue weighted by Crippen LogP contribution is -2.52. The molecule has 33 heavy (non-hydrogen) atoms. The second kappa shape index (κ2) is 9.56. The Morgan fingerprint density at radius 2 is 1.58 bits per heavy atom. The predicted octanol–water partition coefficient (Wildman–Crippen LogP) is 3.53. The van der Waals surface area contributed by atoms with Gasteiger partial charge in [-0.1, -0.05) is 48.5 Å². The average molecular weight is 458 g/mol. The molecule has 0 aromatic heterocycles. The van der Waals surface area contributed by atoms with Gasteiger partial charge in [-0.3, -0.25) is 9.59 Å². The van der Waals surface area contributed by atoms with Crippen LogP contribution < -0.4 is 10.6 Å². The van der Waals surface area contributed by atoms with Crippen LogP contribution in [0.1, 0.15) is 36.3 Å². The molecule has 1 unspecified atom stereocenters. The summed E-state index contributed by atoms with van der Waals surface area (Å²) < 4.78 is 31.3. The lowest BCUT2D eigenvalue weighted by atomic mass is 9.79. The van der Waals surface area contributed by atoms with Gasteiger partial charge in [-0.15, -0.1) is 0 Å². The molecule has 0 heterocycles. The molecule has 0 radical (unpaired) electrons. The number of aliphatic carboxylic acids is 1. The van der Waals surface area contributed by atoms with Crippen molar-refractivity contribution < 1.29 is 33.0 Å². The van der Waals surface area contributed by atoms with Crippen LogP contribution in [0.3, 0.4) is 0 Å².